The van der Waals surface area contributed by atoms with E-state index in [1.54, 1.807) is 0 Å². The van der Waals surface area contributed by atoms with Crippen molar-refractivity contribution < 1.29 is 35.1 Å². The number of hydrogen-bond donors (Lipinski definition) is 0. The maximum atomic E-state index is 13.2. The summed E-state index contributed by atoms with van der Waals surface area (Å²) in [5.74, 6) is -17.6. The zero-order chi connectivity index (χ0) is 15.1. The van der Waals surface area contributed by atoms with Crippen LogP contribution in [0.25, 0.3) is 0 Å². The first-order chi connectivity index (χ1) is 8.42. The maximum absolute atomic E-state index is 13.2. The Balaban J connectivity index is 2.89. The van der Waals surface area contributed by atoms with Gasteiger partial charge in [0.25, 0.3) is 0 Å². The van der Waals surface area contributed by atoms with Crippen LogP contribution in [-0.4, -0.2) is 54.3 Å². The monoisotopic (exact) mass is 298 g/mol. The molecule has 0 saturated heterocycles. The van der Waals surface area contributed by atoms with Crippen LogP contribution in [0.4, 0.5) is 35.1 Å². The highest BCUT2D eigenvalue weighted by Crippen LogP contribution is 2.48. The second-order valence-electron chi connectivity index (χ2n) is 4.15. The lowest BCUT2D eigenvalue weighted by molar-refractivity contribution is -0.339. The number of hydrogen-bond acceptors (Lipinski definition) is 2. The normalized spacial score (nSPS) is 17.8. The molecule has 0 aromatic carbocycles. The lowest BCUT2D eigenvalue weighted by atomic mass is 10.0. The van der Waals surface area contributed by atoms with Gasteiger partial charge < -0.3 is 9.80 Å². The Labute approximate surface area is 103 Å². The van der Waals surface area contributed by atoms with E-state index < -0.39 is 30.7 Å². The molecule has 1 aliphatic rings. The molecule has 1 rings (SSSR count). The lowest BCUT2D eigenvalue weighted by Crippen LogP contribution is -2.60. The molecule has 0 fully saturated rings. The van der Waals surface area contributed by atoms with Crippen molar-refractivity contribution in [3.05, 3.63) is 12.4 Å². The molecule has 112 valence electrons. The fourth-order valence-corrected chi connectivity index (χ4v) is 1.43. The molecule has 2 nitrogen and oxygen atoms in total. The third kappa shape index (κ3) is 2.71. The third-order valence-electron chi connectivity index (χ3n) is 2.49. The van der Waals surface area contributed by atoms with E-state index in [4.69, 9.17) is 0 Å². The Morgan fingerprint density at radius 3 is 1.95 bits per heavy atom. The summed E-state index contributed by atoms with van der Waals surface area (Å²) in [7, 11) is 1.43. The van der Waals surface area contributed by atoms with E-state index in [9.17, 15) is 35.1 Å². The smallest absolute Gasteiger partial charge is 0.362 e. The predicted molar refractivity (Wildman–Crippen MR) is 49.3 cm³/mol. The van der Waals surface area contributed by atoms with Crippen molar-refractivity contribution in [1.29, 1.82) is 0 Å². The van der Waals surface area contributed by atoms with Crippen LogP contribution >= 0.6 is 0 Å². The molecule has 0 N–H and O–H groups in total. The Bertz CT molecular complexity index is 354. The molecule has 0 aromatic heterocycles. The standard InChI is InChI=1S/C9H10F8N2/c1-18-2-3-19(5-18)4-7(12,13)9(16,17)8(14,15)6(10)11/h2-3,6H,4-5H2,1H3. The first-order valence-electron chi connectivity index (χ1n) is 4.96. The summed E-state index contributed by atoms with van der Waals surface area (Å²) < 4.78 is 101. The number of nitrogens with zero attached hydrogens (tertiary/aromatic N) is 2. The minimum Gasteiger partial charge on any atom is -0.362 e. The SMILES string of the molecule is CN1C=CN(CC(F)(F)C(F)(F)C(F)(F)C(F)F)C1. The minimum atomic E-state index is -6.15. The number of alkyl halides is 8. The fourth-order valence-electron chi connectivity index (χ4n) is 1.43. The Kier molecular flexibility index (Phi) is 3.93. The molecule has 0 saturated carbocycles. The summed E-state index contributed by atoms with van der Waals surface area (Å²) in [6.45, 7) is -2.02. The van der Waals surface area contributed by atoms with Crippen LogP contribution in [0.3, 0.4) is 0 Å². The van der Waals surface area contributed by atoms with E-state index in [-0.39, 0.29) is 6.67 Å². The first-order valence-corrected chi connectivity index (χ1v) is 4.96. The predicted octanol–water partition coefficient (Wildman–Crippen LogP) is 2.83. The Morgan fingerprint density at radius 1 is 1.05 bits per heavy atom. The van der Waals surface area contributed by atoms with Gasteiger partial charge in [0.1, 0.15) is 0 Å². The minimum absolute atomic E-state index is 0.230. The molecule has 1 heterocycles. The van der Waals surface area contributed by atoms with E-state index in [1.165, 1.54) is 18.1 Å². The molecular weight excluding hydrogens is 288 g/mol. The molecule has 0 unspecified atom stereocenters. The second kappa shape index (κ2) is 4.71. The van der Waals surface area contributed by atoms with Crippen LogP contribution in [-0.2, 0) is 0 Å². The van der Waals surface area contributed by atoms with E-state index in [2.05, 4.69) is 0 Å². The van der Waals surface area contributed by atoms with Crippen molar-refractivity contribution in [2.45, 2.75) is 24.2 Å². The van der Waals surface area contributed by atoms with Gasteiger partial charge in [-0.1, -0.05) is 0 Å². The average Bonchev–Trinajstić information content (AvgIpc) is 2.62. The van der Waals surface area contributed by atoms with Gasteiger partial charge in [0.2, 0.25) is 0 Å². The van der Waals surface area contributed by atoms with Crippen LogP contribution in [0.5, 0.6) is 0 Å². The molecule has 10 heteroatoms. The van der Waals surface area contributed by atoms with Crippen molar-refractivity contribution in [2.75, 3.05) is 20.3 Å². The van der Waals surface area contributed by atoms with Gasteiger partial charge in [-0.15, -0.1) is 0 Å². The summed E-state index contributed by atoms with van der Waals surface area (Å²) in [6, 6.07) is 0. The summed E-state index contributed by atoms with van der Waals surface area (Å²) in [4.78, 5) is 1.94. The van der Waals surface area contributed by atoms with E-state index >= 15 is 0 Å². The van der Waals surface area contributed by atoms with Crippen LogP contribution in [0.2, 0.25) is 0 Å². The molecule has 0 aromatic rings. The first kappa shape index (κ1) is 15.8. The van der Waals surface area contributed by atoms with Crippen molar-refractivity contribution in [3.63, 3.8) is 0 Å². The van der Waals surface area contributed by atoms with Gasteiger partial charge in [0, 0.05) is 19.4 Å². The molecule has 1 aliphatic heterocycles. The van der Waals surface area contributed by atoms with E-state index in [1.807, 2.05) is 0 Å². The summed E-state index contributed by atoms with van der Waals surface area (Å²) in [5, 5.41) is 0. The average molecular weight is 298 g/mol. The zero-order valence-corrected chi connectivity index (χ0v) is 9.56. The van der Waals surface area contributed by atoms with Crippen LogP contribution < -0.4 is 0 Å². The maximum Gasteiger partial charge on any atom is 0.379 e. The van der Waals surface area contributed by atoms with Crippen LogP contribution in [0, 0.1) is 0 Å². The van der Waals surface area contributed by atoms with Crippen molar-refractivity contribution in [2.24, 2.45) is 0 Å². The molecule has 0 atom stereocenters. The summed E-state index contributed by atoms with van der Waals surface area (Å²) in [5.41, 5.74) is 0. The molecular formula is C9H10F8N2. The van der Waals surface area contributed by atoms with Gasteiger partial charge in [-0.3, -0.25) is 0 Å². The molecule has 0 aliphatic carbocycles. The topological polar surface area (TPSA) is 6.48 Å². The van der Waals surface area contributed by atoms with E-state index in [0.29, 0.717) is 4.90 Å². The number of rotatable bonds is 5. The highest BCUT2D eigenvalue weighted by atomic mass is 19.4. The Hall–Kier alpha value is -1.22. The molecule has 0 radical (unpaired) electrons. The summed E-state index contributed by atoms with van der Waals surface area (Å²) in [6.07, 6.45) is -2.66. The molecule has 19 heavy (non-hydrogen) atoms. The number of halogens is 8. The Morgan fingerprint density at radius 2 is 1.58 bits per heavy atom. The molecule has 0 spiro atoms. The lowest BCUT2D eigenvalue weighted by Gasteiger charge is -2.34. The van der Waals surface area contributed by atoms with Crippen LogP contribution in [0.1, 0.15) is 0 Å². The van der Waals surface area contributed by atoms with Gasteiger partial charge in [-0.05, 0) is 0 Å². The van der Waals surface area contributed by atoms with Crippen molar-refractivity contribution in [1.82, 2.24) is 9.80 Å². The van der Waals surface area contributed by atoms with Gasteiger partial charge in [-0.25, -0.2) is 8.78 Å². The second-order valence-corrected chi connectivity index (χ2v) is 4.15. The fraction of sp³-hybridized carbons (Fsp3) is 0.778. The van der Waals surface area contributed by atoms with Gasteiger partial charge in [0.15, 0.2) is 0 Å². The quantitative estimate of drug-likeness (QED) is 0.720. The zero-order valence-electron chi connectivity index (χ0n) is 9.56. The largest absolute Gasteiger partial charge is 0.379 e. The highest BCUT2D eigenvalue weighted by Gasteiger charge is 2.75. The van der Waals surface area contributed by atoms with Gasteiger partial charge >= 0.3 is 24.2 Å². The van der Waals surface area contributed by atoms with Gasteiger partial charge in [0.05, 0.1) is 13.2 Å². The van der Waals surface area contributed by atoms with Gasteiger partial charge in [-0.2, -0.15) is 26.3 Å². The molecule has 0 amide bonds. The van der Waals surface area contributed by atoms with Crippen LogP contribution in [0.15, 0.2) is 12.4 Å². The third-order valence-corrected chi connectivity index (χ3v) is 2.49. The highest BCUT2D eigenvalue weighted by molar-refractivity contribution is 5.01. The summed E-state index contributed by atoms with van der Waals surface area (Å²) >= 11 is 0. The van der Waals surface area contributed by atoms with Crippen molar-refractivity contribution in [3.8, 4) is 0 Å². The van der Waals surface area contributed by atoms with Crippen molar-refractivity contribution >= 4 is 0 Å². The molecule has 0 bridgehead atoms. The van der Waals surface area contributed by atoms with E-state index in [0.717, 1.165) is 6.20 Å².